The van der Waals surface area contributed by atoms with Gasteiger partial charge in [-0.2, -0.15) is 5.10 Å². The summed E-state index contributed by atoms with van der Waals surface area (Å²) in [5.41, 5.74) is 4.00. The van der Waals surface area contributed by atoms with Crippen molar-refractivity contribution in [3.63, 3.8) is 0 Å². The van der Waals surface area contributed by atoms with E-state index in [0.29, 0.717) is 30.2 Å². The molecular formula is C16H17N5O4S. The van der Waals surface area contributed by atoms with Crippen LogP contribution >= 0.6 is 11.3 Å². The Bertz CT molecular complexity index is 827. The Morgan fingerprint density at radius 3 is 2.69 bits per heavy atom. The number of hydrogen-bond donors (Lipinski definition) is 1. The van der Waals surface area contributed by atoms with E-state index < -0.39 is 10.8 Å². The number of hydrogen-bond acceptors (Lipinski definition) is 8. The number of carbonyl (C=O) groups excluding carboxylic acids is 1. The molecule has 1 aliphatic rings. The third kappa shape index (κ3) is 4.21. The maximum atomic E-state index is 12.2. The monoisotopic (exact) mass is 375 g/mol. The number of carbonyl (C=O) groups is 1. The average molecular weight is 375 g/mol. The van der Waals surface area contributed by atoms with Crippen molar-refractivity contribution in [1.82, 2.24) is 10.4 Å². The zero-order valence-corrected chi connectivity index (χ0v) is 14.9. The molecule has 1 amide bonds. The van der Waals surface area contributed by atoms with E-state index in [4.69, 9.17) is 4.74 Å². The first-order valence-electron chi connectivity index (χ1n) is 7.92. The van der Waals surface area contributed by atoms with Crippen LogP contribution in [0, 0.1) is 10.1 Å². The lowest BCUT2D eigenvalue weighted by Crippen LogP contribution is -2.36. The zero-order chi connectivity index (χ0) is 18.5. The second-order valence-electron chi connectivity index (χ2n) is 5.56. The number of thiazole rings is 1. The number of nitro groups is 1. The number of aromatic nitrogens is 1. The number of nitrogens with zero attached hydrogens (tertiary/aromatic N) is 4. The molecule has 2 aromatic rings. The highest BCUT2D eigenvalue weighted by molar-refractivity contribution is 7.13. The van der Waals surface area contributed by atoms with Gasteiger partial charge in [0.25, 0.3) is 11.6 Å². The van der Waals surface area contributed by atoms with Crippen molar-refractivity contribution in [2.45, 2.75) is 6.92 Å². The van der Waals surface area contributed by atoms with E-state index in [1.807, 2.05) is 0 Å². The summed E-state index contributed by atoms with van der Waals surface area (Å²) in [4.78, 5) is 28.8. The van der Waals surface area contributed by atoms with E-state index >= 15 is 0 Å². The number of nitro benzene ring substituents is 1. The van der Waals surface area contributed by atoms with Gasteiger partial charge in [-0.05, 0) is 24.6 Å². The SMILES string of the molecule is C/C(=N\NC(=O)c1csc(N2CCOCC2)n1)c1ccc([N+](=O)[O-])cc1. The maximum Gasteiger partial charge on any atom is 0.290 e. The molecule has 0 saturated carbocycles. The molecule has 0 atom stereocenters. The van der Waals surface area contributed by atoms with Crippen molar-refractivity contribution < 1.29 is 14.5 Å². The van der Waals surface area contributed by atoms with Gasteiger partial charge < -0.3 is 9.64 Å². The normalized spacial score (nSPS) is 15.0. The van der Waals surface area contributed by atoms with Gasteiger partial charge in [-0.15, -0.1) is 11.3 Å². The molecule has 9 nitrogen and oxygen atoms in total. The molecular weight excluding hydrogens is 358 g/mol. The molecule has 1 fully saturated rings. The van der Waals surface area contributed by atoms with Gasteiger partial charge in [0.05, 0.1) is 23.8 Å². The van der Waals surface area contributed by atoms with Gasteiger partial charge in [-0.1, -0.05) is 0 Å². The Balaban J connectivity index is 1.63. The van der Waals surface area contributed by atoms with Gasteiger partial charge in [-0.25, -0.2) is 10.4 Å². The molecule has 136 valence electrons. The number of non-ortho nitro benzene ring substituents is 1. The third-order valence-corrected chi connectivity index (χ3v) is 4.73. The fourth-order valence-corrected chi connectivity index (χ4v) is 3.21. The summed E-state index contributed by atoms with van der Waals surface area (Å²) in [6.07, 6.45) is 0. The van der Waals surface area contributed by atoms with E-state index in [1.165, 1.54) is 23.5 Å². The lowest BCUT2D eigenvalue weighted by molar-refractivity contribution is -0.384. The molecule has 3 rings (SSSR count). The van der Waals surface area contributed by atoms with Crippen LogP contribution in [0.15, 0.2) is 34.7 Å². The number of hydrazone groups is 1. The second-order valence-corrected chi connectivity index (χ2v) is 6.39. The third-order valence-electron chi connectivity index (χ3n) is 3.83. The lowest BCUT2D eigenvalue weighted by atomic mass is 10.1. The van der Waals surface area contributed by atoms with Gasteiger partial charge in [0, 0.05) is 30.6 Å². The van der Waals surface area contributed by atoms with Crippen LogP contribution in [0.3, 0.4) is 0 Å². The van der Waals surface area contributed by atoms with Gasteiger partial charge in [0.15, 0.2) is 5.13 Å². The first-order valence-corrected chi connectivity index (χ1v) is 8.80. The molecule has 1 saturated heterocycles. The van der Waals surface area contributed by atoms with Gasteiger partial charge in [0.1, 0.15) is 5.69 Å². The predicted octanol–water partition coefficient (Wildman–Crippen LogP) is 2.04. The minimum atomic E-state index is -0.466. The first kappa shape index (κ1) is 18.0. The molecule has 26 heavy (non-hydrogen) atoms. The summed E-state index contributed by atoms with van der Waals surface area (Å²) in [5, 5.41) is 17.2. The van der Waals surface area contributed by atoms with Gasteiger partial charge in [-0.3, -0.25) is 14.9 Å². The Kier molecular flexibility index (Phi) is 5.54. The molecule has 1 aliphatic heterocycles. The summed E-state index contributed by atoms with van der Waals surface area (Å²) in [5.74, 6) is -0.401. The Morgan fingerprint density at radius 2 is 2.04 bits per heavy atom. The summed E-state index contributed by atoms with van der Waals surface area (Å²) in [6, 6.07) is 5.96. The number of anilines is 1. The molecule has 0 bridgehead atoms. The molecule has 1 N–H and O–H groups in total. The highest BCUT2D eigenvalue weighted by Crippen LogP contribution is 2.21. The topological polar surface area (TPSA) is 110 Å². The van der Waals surface area contributed by atoms with E-state index in [9.17, 15) is 14.9 Å². The number of amides is 1. The lowest BCUT2D eigenvalue weighted by Gasteiger charge is -2.25. The fraction of sp³-hybridized carbons (Fsp3) is 0.312. The van der Waals surface area contributed by atoms with Gasteiger partial charge >= 0.3 is 0 Å². The minimum Gasteiger partial charge on any atom is -0.378 e. The molecule has 0 aliphatic carbocycles. The van der Waals surface area contributed by atoms with Crippen molar-refractivity contribution in [3.05, 3.63) is 51.0 Å². The summed E-state index contributed by atoms with van der Waals surface area (Å²) in [7, 11) is 0. The predicted molar refractivity (Wildman–Crippen MR) is 97.9 cm³/mol. The highest BCUT2D eigenvalue weighted by atomic mass is 32.1. The Hall–Kier alpha value is -2.85. The molecule has 0 radical (unpaired) electrons. The van der Waals surface area contributed by atoms with E-state index in [2.05, 4.69) is 20.4 Å². The smallest absolute Gasteiger partial charge is 0.290 e. The quantitative estimate of drug-likeness (QED) is 0.486. The van der Waals surface area contributed by atoms with E-state index in [-0.39, 0.29) is 5.69 Å². The van der Waals surface area contributed by atoms with Crippen molar-refractivity contribution in [2.75, 3.05) is 31.2 Å². The molecule has 0 spiro atoms. The van der Waals surface area contributed by atoms with Crippen LogP contribution in [0.1, 0.15) is 23.0 Å². The summed E-state index contributed by atoms with van der Waals surface area (Å²) in [6.45, 7) is 4.53. The first-order chi connectivity index (χ1) is 12.5. The maximum absolute atomic E-state index is 12.2. The van der Waals surface area contributed by atoms with Crippen LogP contribution < -0.4 is 10.3 Å². The molecule has 1 aromatic heterocycles. The standard InChI is InChI=1S/C16H17N5O4S/c1-11(12-2-4-13(5-3-12)21(23)24)18-19-15(22)14-10-26-16(17-14)20-6-8-25-9-7-20/h2-5,10H,6-9H2,1H3,(H,19,22)/b18-11+. The zero-order valence-electron chi connectivity index (χ0n) is 14.0. The molecule has 1 aromatic carbocycles. The highest BCUT2D eigenvalue weighted by Gasteiger charge is 2.17. The van der Waals surface area contributed by atoms with Gasteiger partial charge in [0.2, 0.25) is 0 Å². The fourth-order valence-electron chi connectivity index (χ4n) is 2.35. The Morgan fingerprint density at radius 1 is 1.35 bits per heavy atom. The second kappa shape index (κ2) is 8.02. The van der Waals surface area contributed by atoms with E-state index in [1.54, 1.807) is 24.4 Å². The average Bonchev–Trinajstić information content (AvgIpc) is 3.17. The summed E-state index contributed by atoms with van der Waals surface area (Å²) >= 11 is 1.41. The minimum absolute atomic E-state index is 0.00343. The number of rotatable bonds is 5. The Labute approximate surface area is 153 Å². The van der Waals surface area contributed by atoms with Crippen molar-refractivity contribution in [1.29, 1.82) is 0 Å². The number of ether oxygens (including phenoxy) is 1. The molecule has 2 heterocycles. The summed E-state index contributed by atoms with van der Waals surface area (Å²) < 4.78 is 5.30. The van der Waals surface area contributed by atoms with Crippen LogP contribution in [-0.2, 0) is 4.74 Å². The largest absolute Gasteiger partial charge is 0.378 e. The molecule has 0 unspecified atom stereocenters. The van der Waals surface area contributed by atoms with E-state index in [0.717, 1.165) is 18.2 Å². The number of benzene rings is 1. The number of morpholine rings is 1. The van der Waals surface area contributed by atoms with Crippen molar-refractivity contribution in [3.8, 4) is 0 Å². The van der Waals surface area contributed by atoms with Crippen LogP contribution in [0.25, 0.3) is 0 Å². The van der Waals surface area contributed by atoms with Crippen LogP contribution in [0.5, 0.6) is 0 Å². The number of nitrogens with one attached hydrogen (secondary N) is 1. The molecule has 10 heteroatoms. The van der Waals surface area contributed by atoms with Crippen LogP contribution in [0.4, 0.5) is 10.8 Å². The van der Waals surface area contributed by atoms with Crippen LogP contribution in [0.2, 0.25) is 0 Å². The van der Waals surface area contributed by atoms with Crippen molar-refractivity contribution >= 4 is 33.8 Å². The van der Waals surface area contributed by atoms with Crippen LogP contribution in [-0.4, -0.2) is 47.8 Å². The van der Waals surface area contributed by atoms with Crippen molar-refractivity contribution in [2.24, 2.45) is 5.10 Å².